The van der Waals surface area contributed by atoms with E-state index in [-0.39, 0.29) is 30.2 Å². The second-order valence-electron chi connectivity index (χ2n) is 9.54. The monoisotopic (exact) mass is 526 g/mol. The number of carbonyl (C=O) groups is 2. The number of carbonyl (C=O) groups excluding carboxylic acids is 2. The molecule has 194 valence electrons. The van der Waals surface area contributed by atoms with Gasteiger partial charge >= 0.3 is 5.97 Å². The summed E-state index contributed by atoms with van der Waals surface area (Å²) in [5, 5.41) is 6.90. The quantitative estimate of drug-likeness (QED) is 0.228. The molecule has 2 atom stereocenters. The number of benzene rings is 2. The van der Waals surface area contributed by atoms with Crippen LogP contribution in [0, 0.1) is 19.8 Å². The third kappa shape index (κ3) is 6.02. The molecule has 1 saturated carbocycles. The van der Waals surface area contributed by atoms with E-state index in [0.29, 0.717) is 5.16 Å². The number of hydrogen-bond acceptors (Lipinski definition) is 7. The van der Waals surface area contributed by atoms with Gasteiger partial charge in [-0.15, -0.1) is 0 Å². The lowest BCUT2D eigenvalue weighted by Crippen LogP contribution is -2.34. The van der Waals surface area contributed by atoms with E-state index in [1.165, 1.54) is 16.8 Å². The van der Waals surface area contributed by atoms with E-state index in [2.05, 4.69) is 28.2 Å². The van der Waals surface area contributed by atoms with E-state index in [4.69, 9.17) is 9.84 Å². The molecule has 8 heteroatoms. The van der Waals surface area contributed by atoms with E-state index in [1.54, 1.807) is 0 Å². The average molecular weight is 527 g/mol. The van der Waals surface area contributed by atoms with E-state index in [0.717, 1.165) is 53.1 Å². The fourth-order valence-electron chi connectivity index (χ4n) is 5.07. The highest BCUT2D eigenvalue weighted by Crippen LogP contribution is 2.44. The Morgan fingerprint density at radius 1 is 1.03 bits per heavy atom. The van der Waals surface area contributed by atoms with Crippen molar-refractivity contribution in [2.45, 2.75) is 44.3 Å². The minimum atomic E-state index is -0.490. The number of hydrogen-bond donors (Lipinski definition) is 0. The van der Waals surface area contributed by atoms with Crippen molar-refractivity contribution in [3.63, 3.8) is 0 Å². The van der Waals surface area contributed by atoms with Crippen LogP contribution in [0.15, 0.2) is 82.6 Å². The summed E-state index contributed by atoms with van der Waals surface area (Å²) >= 11 is 1.20. The molecule has 1 aliphatic carbocycles. The number of hydrazone groups is 1. The zero-order chi connectivity index (χ0) is 26.5. The summed E-state index contributed by atoms with van der Waals surface area (Å²) in [4.78, 5) is 34.5. The number of ether oxygens (including phenoxy) is 1. The largest absolute Gasteiger partial charge is 0.455 e. The molecule has 2 aromatic carbocycles. The number of aromatic nitrogens is 2. The van der Waals surface area contributed by atoms with Gasteiger partial charge in [0.05, 0.1) is 17.5 Å². The fraction of sp³-hybridized carbons (Fsp3) is 0.300. The summed E-state index contributed by atoms with van der Waals surface area (Å²) < 4.78 is 5.37. The first kappa shape index (κ1) is 25.9. The second kappa shape index (κ2) is 11.7. The third-order valence-corrected chi connectivity index (χ3v) is 7.50. The number of rotatable bonds is 7. The number of nitrogens with zero attached hydrogens (tertiary/aromatic N) is 4. The number of thioether (sulfide) groups is 1. The molecule has 1 amide bonds. The van der Waals surface area contributed by atoms with Gasteiger partial charge in [0.1, 0.15) is 0 Å². The van der Waals surface area contributed by atoms with Crippen molar-refractivity contribution in [3.8, 4) is 0 Å². The Kier molecular flexibility index (Phi) is 7.98. The summed E-state index contributed by atoms with van der Waals surface area (Å²) in [6.45, 7) is 3.40. The summed E-state index contributed by atoms with van der Waals surface area (Å²) in [6.07, 6.45) is 5.06. The van der Waals surface area contributed by atoms with Crippen LogP contribution < -0.4 is 0 Å². The number of amides is 1. The van der Waals surface area contributed by atoms with Gasteiger partial charge in [-0.05, 0) is 62.0 Å². The first-order valence-corrected chi connectivity index (χ1v) is 13.8. The fourth-order valence-corrected chi connectivity index (χ4v) is 5.82. The van der Waals surface area contributed by atoms with Gasteiger partial charge in [-0.2, -0.15) is 5.10 Å². The summed E-state index contributed by atoms with van der Waals surface area (Å²) in [5.41, 5.74) is 5.93. The van der Waals surface area contributed by atoms with E-state index < -0.39 is 5.97 Å². The minimum Gasteiger partial charge on any atom is -0.455 e. The lowest BCUT2D eigenvalue weighted by atomic mass is 9.77. The van der Waals surface area contributed by atoms with Gasteiger partial charge in [0, 0.05) is 17.3 Å². The Hall–Kier alpha value is -3.78. The summed E-state index contributed by atoms with van der Waals surface area (Å²) in [6, 6.07) is 21.8. The Morgan fingerprint density at radius 2 is 1.71 bits per heavy atom. The molecule has 38 heavy (non-hydrogen) atoms. The van der Waals surface area contributed by atoms with Gasteiger partial charge < -0.3 is 4.74 Å². The molecule has 7 nitrogen and oxygen atoms in total. The Balaban J connectivity index is 1.31. The van der Waals surface area contributed by atoms with Crippen LogP contribution in [0.25, 0.3) is 6.08 Å². The molecule has 5 rings (SSSR count). The molecular formula is C30H30N4O3S. The molecule has 2 unspecified atom stereocenters. The lowest BCUT2D eigenvalue weighted by Gasteiger charge is -2.29. The molecule has 0 spiro atoms. The van der Waals surface area contributed by atoms with Gasteiger partial charge in [-0.3, -0.25) is 9.59 Å². The molecular weight excluding hydrogens is 496 g/mol. The van der Waals surface area contributed by atoms with E-state index in [9.17, 15) is 9.59 Å². The molecule has 1 aliphatic heterocycles. The van der Waals surface area contributed by atoms with Crippen LogP contribution in [0.5, 0.6) is 0 Å². The highest BCUT2D eigenvalue weighted by molar-refractivity contribution is 7.99. The SMILES string of the molecule is Cc1cc(C)nc(SCC(=O)OCC(=O)N2N=C3/C(=C\c4ccccc4)CCCC3C2c2ccccc2)n1. The number of esters is 1. The Morgan fingerprint density at radius 3 is 2.42 bits per heavy atom. The highest BCUT2D eigenvalue weighted by Gasteiger charge is 2.43. The Labute approximate surface area is 227 Å². The summed E-state index contributed by atoms with van der Waals surface area (Å²) in [7, 11) is 0. The van der Waals surface area contributed by atoms with Gasteiger partial charge in [-0.25, -0.2) is 15.0 Å². The molecule has 1 aromatic heterocycles. The molecule has 1 fully saturated rings. The average Bonchev–Trinajstić information content (AvgIpc) is 3.32. The van der Waals surface area contributed by atoms with Crippen LogP contribution in [0.1, 0.15) is 47.8 Å². The zero-order valence-corrected chi connectivity index (χ0v) is 22.4. The zero-order valence-electron chi connectivity index (χ0n) is 21.5. The van der Waals surface area contributed by atoms with Crippen LogP contribution in [-0.4, -0.2) is 44.9 Å². The first-order valence-electron chi connectivity index (χ1n) is 12.8. The first-order chi connectivity index (χ1) is 18.5. The van der Waals surface area contributed by atoms with Crippen molar-refractivity contribution in [1.82, 2.24) is 15.0 Å². The van der Waals surface area contributed by atoms with Gasteiger partial charge in [0.25, 0.3) is 5.91 Å². The van der Waals surface area contributed by atoms with Gasteiger partial charge in [0.2, 0.25) is 0 Å². The normalized spacial score (nSPS) is 19.7. The van der Waals surface area contributed by atoms with Crippen LogP contribution >= 0.6 is 11.8 Å². The number of aryl methyl sites for hydroxylation is 2. The second-order valence-corrected chi connectivity index (χ2v) is 10.5. The van der Waals surface area contributed by atoms with Crippen molar-refractivity contribution in [1.29, 1.82) is 0 Å². The van der Waals surface area contributed by atoms with E-state index >= 15 is 0 Å². The van der Waals surface area contributed by atoms with Crippen LogP contribution in [0.3, 0.4) is 0 Å². The predicted molar refractivity (Wildman–Crippen MR) is 148 cm³/mol. The maximum absolute atomic E-state index is 13.4. The van der Waals surface area contributed by atoms with Crippen molar-refractivity contribution >= 4 is 35.4 Å². The van der Waals surface area contributed by atoms with Crippen LogP contribution in [-0.2, 0) is 14.3 Å². The number of fused-ring (bicyclic) bond motifs is 1. The van der Waals surface area contributed by atoms with Crippen molar-refractivity contribution in [2.75, 3.05) is 12.4 Å². The van der Waals surface area contributed by atoms with Crippen molar-refractivity contribution in [2.24, 2.45) is 11.0 Å². The van der Waals surface area contributed by atoms with E-state index in [1.807, 2.05) is 68.4 Å². The van der Waals surface area contributed by atoms with Crippen molar-refractivity contribution < 1.29 is 14.3 Å². The minimum absolute atomic E-state index is 0.0272. The highest BCUT2D eigenvalue weighted by atomic mass is 32.2. The standard InChI is InChI=1S/C30H30N4O3S/c1-20-16-21(2)32-30(31-20)38-19-27(36)37-18-26(35)34-29(23-12-7-4-8-13-23)25-15-9-14-24(28(25)33-34)17-22-10-5-3-6-11-22/h3-8,10-13,16-17,25,29H,9,14-15,18-19H2,1-2H3/b24-17-. The molecule has 3 aromatic rings. The summed E-state index contributed by atoms with van der Waals surface area (Å²) in [5.74, 6) is -0.700. The molecule has 0 N–H and O–H groups in total. The third-order valence-electron chi connectivity index (χ3n) is 6.68. The van der Waals surface area contributed by atoms with Crippen LogP contribution in [0.4, 0.5) is 0 Å². The van der Waals surface area contributed by atoms with Crippen LogP contribution in [0.2, 0.25) is 0 Å². The van der Waals surface area contributed by atoms with Gasteiger partial charge in [0.15, 0.2) is 11.8 Å². The molecule has 2 aliphatic rings. The predicted octanol–water partition coefficient (Wildman–Crippen LogP) is 5.55. The Bertz CT molecular complexity index is 1350. The molecule has 0 saturated heterocycles. The molecule has 0 bridgehead atoms. The number of allylic oxidation sites excluding steroid dienone is 1. The lowest BCUT2D eigenvalue weighted by molar-refractivity contribution is -0.151. The topological polar surface area (TPSA) is 84.8 Å². The maximum Gasteiger partial charge on any atom is 0.316 e. The van der Waals surface area contributed by atoms with Gasteiger partial charge in [-0.1, -0.05) is 72.4 Å². The van der Waals surface area contributed by atoms with Crippen molar-refractivity contribution in [3.05, 3.63) is 94.8 Å². The maximum atomic E-state index is 13.4. The smallest absolute Gasteiger partial charge is 0.316 e. The molecule has 0 radical (unpaired) electrons. The molecule has 2 heterocycles.